The van der Waals surface area contributed by atoms with Crippen LogP contribution in [0.25, 0.3) is 0 Å². The lowest BCUT2D eigenvalue weighted by Crippen LogP contribution is -2.31. The van der Waals surface area contributed by atoms with E-state index < -0.39 is 0 Å². The highest BCUT2D eigenvalue weighted by molar-refractivity contribution is 4.98. The summed E-state index contributed by atoms with van der Waals surface area (Å²) in [6, 6.07) is 0. The predicted octanol–water partition coefficient (Wildman–Crippen LogP) is 1.74. The second-order valence-corrected chi connectivity index (χ2v) is 5.59. The Kier molecular flexibility index (Phi) is 2.85. The lowest BCUT2D eigenvalue weighted by atomic mass is 9.92. The Morgan fingerprint density at radius 3 is 2.57 bits per heavy atom. The van der Waals surface area contributed by atoms with E-state index in [4.69, 9.17) is 5.11 Å². The summed E-state index contributed by atoms with van der Waals surface area (Å²) < 4.78 is 0. The number of likely N-dealkylation sites (tertiary alicyclic amines) is 1. The van der Waals surface area contributed by atoms with Crippen LogP contribution in [0.4, 0.5) is 0 Å². The molecule has 0 amide bonds. The van der Waals surface area contributed by atoms with Gasteiger partial charge in [0.1, 0.15) is 0 Å². The molecule has 2 fully saturated rings. The quantitative estimate of drug-likeness (QED) is 0.742. The van der Waals surface area contributed by atoms with E-state index in [1.807, 2.05) is 0 Å². The summed E-state index contributed by atoms with van der Waals surface area (Å²) in [6.45, 7) is 8.70. The molecule has 1 atom stereocenters. The van der Waals surface area contributed by atoms with Gasteiger partial charge in [0.15, 0.2) is 0 Å². The predicted molar refractivity (Wildman–Crippen MR) is 58.1 cm³/mol. The monoisotopic (exact) mass is 197 g/mol. The highest BCUT2D eigenvalue weighted by Gasteiger charge is 2.46. The van der Waals surface area contributed by atoms with Gasteiger partial charge in [0.25, 0.3) is 0 Å². The van der Waals surface area contributed by atoms with Crippen molar-refractivity contribution in [3.63, 3.8) is 0 Å². The molecule has 0 radical (unpaired) electrons. The molecule has 1 heterocycles. The lowest BCUT2D eigenvalue weighted by Gasteiger charge is -2.26. The van der Waals surface area contributed by atoms with Gasteiger partial charge in [-0.1, -0.05) is 13.8 Å². The number of hydrogen-bond acceptors (Lipinski definition) is 2. The molecule has 1 unspecified atom stereocenters. The van der Waals surface area contributed by atoms with Crippen molar-refractivity contribution in [3.8, 4) is 0 Å². The van der Waals surface area contributed by atoms with Gasteiger partial charge in [-0.2, -0.15) is 0 Å². The lowest BCUT2D eigenvalue weighted by molar-refractivity contribution is 0.191. The topological polar surface area (TPSA) is 23.5 Å². The van der Waals surface area contributed by atoms with E-state index in [1.165, 1.54) is 32.4 Å². The van der Waals surface area contributed by atoms with E-state index >= 15 is 0 Å². The van der Waals surface area contributed by atoms with E-state index in [1.54, 1.807) is 0 Å². The first-order valence-corrected chi connectivity index (χ1v) is 5.99. The molecule has 1 saturated heterocycles. The standard InChI is InChI=1S/C12H23NO/c1-10(2)12(4-5-12)9-13-6-3-11(7-13)8-14/h10-11,14H,3-9H2,1-2H3. The van der Waals surface area contributed by atoms with Crippen LogP contribution >= 0.6 is 0 Å². The van der Waals surface area contributed by atoms with Gasteiger partial charge in [0.05, 0.1) is 0 Å². The molecule has 2 nitrogen and oxygen atoms in total. The van der Waals surface area contributed by atoms with Gasteiger partial charge in [-0.05, 0) is 43.1 Å². The second kappa shape index (κ2) is 3.82. The molecule has 14 heavy (non-hydrogen) atoms. The van der Waals surface area contributed by atoms with Gasteiger partial charge in [-0.25, -0.2) is 0 Å². The van der Waals surface area contributed by atoms with E-state index in [2.05, 4.69) is 18.7 Å². The summed E-state index contributed by atoms with van der Waals surface area (Å²) in [4.78, 5) is 2.56. The minimum absolute atomic E-state index is 0.380. The third-order valence-electron chi connectivity index (χ3n) is 4.28. The summed E-state index contributed by atoms with van der Waals surface area (Å²) in [5.74, 6) is 1.38. The van der Waals surface area contributed by atoms with Crippen LogP contribution in [0, 0.1) is 17.3 Å². The number of rotatable bonds is 4. The van der Waals surface area contributed by atoms with E-state index in [0.717, 1.165) is 12.5 Å². The van der Waals surface area contributed by atoms with Crippen LogP contribution in [0.2, 0.25) is 0 Å². The Balaban J connectivity index is 1.82. The van der Waals surface area contributed by atoms with Gasteiger partial charge >= 0.3 is 0 Å². The third-order valence-corrected chi connectivity index (χ3v) is 4.28. The molecule has 2 rings (SSSR count). The molecule has 0 aromatic rings. The van der Waals surface area contributed by atoms with Crippen LogP contribution in [0.15, 0.2) is 0 Å². The van der Waals surface area contributed by atoms with Crippen molar-refractivity contribution < 1.29 is 5.11 Å². The zero-order valence-electron chi connectivity index (χ0n) is 9.50. The van der Waals surface area contributed by atoms with Crippen LogP contribution in [0.3, 0.4) is 0 Å². The normalized spacial score (nSPS) is 31.3. The van der Waals surface area contributed by atoms with Crippen LogP contribution < -0.4 is 0 Å². The summed E-state index contributed by atoms with van der Waals surface area (Å²) in [7, 11) is 0. The molecule has 1 aliphatic carbocycles. The van der Waals surface area contributed by atoms with Crippen molar-refractivity contribution in [1.82, 2.24) is 4.90 Å². The molecule has 0 spiro atoms. The summed E-state index contributed by atoms with van der Waals surface area (Å²) in [5, 5.41) is 9.08. The summed E-state index contributed by atoms with van der Waals surface area (Å²) >= 11 is 0. The first-order valence-electron chi connectivity index (χ1n) is 5.99. The first kappa shape index (κ1) is 10.4. The fourth-order valence-corrected chi connectivity index (χ4v) is 2.73. The fourth-order valence-electron chi connectivity index (χ4n) is 2.73. The molecule has 82 valence electrons. The van der Waals surface area contributed by atoms with Crippen molar-refractivity contribution >= 4 is 0 Å². The molecule has 1 N–H and O–H groups in total. The molecule has 1 saturated carbocycles. The average molecular weight is 197 g/mol. The maximum absolute atomic E-state index is 9.08. The Labute approximate surface area is 87.3 Å². The van der Waals surface area contributed by atoms with Gasteiger partial charge in [0, 0.05) is 19.7 Å². The number of aliphatic hydroxyl groups excluding tert-OH is 1. The zero-order chi connectivity index (χ0) is 10.2. The van der Waals surface area contributed by atoms with Gasteiger partial charge in [0.2, 0.25) is 0 Å². The molecule has 1 aliphatic heterocycles. The Bertz CT molecular complexity index is 198. The number of aliphatic hydroxyl groups is 1. The molecule has 2 aliphatic rings. The van der Waals surface area contributed by atoms with E-state index in [-0.39, 0.29) is 0 Å². The molecule has 0 bridgehead atoms. The Hall–Kier alpha value is -0.0800. The molecule has 0 aromatic carbocycles. The van der Waals surface area contributed by atoms with Crippen molar-refractivity contribution in [2.24, 2.45) is 17.3 Å². The maximum Gasteiger partial charge on any atom is 0.0471 e. The SMILES string of the molecule is CC(C)C1(CN2CCC(CO)C2)CC1. The summed E-state index contributed by atoms with van der Waals surface area (Å²) in [5.41, 5.74) is 0.643. The van der Waals surface area contributed by atoms with Gasteiger partial charge in [-0.15, -0.1) is 0 Å². The fraction of sp³-hybridized carbons (Fsp3) is 1.00. The van der Waals surface area contributed by atoms with E-state index in [0.29, 0.717) is 17.9 Å². The maximum atomic E-state index is 9.08. The molecular formula is C12H23NO. The van der Waals surface area contributed by atoms with Crippen LogP contribution in [0.5, 0.6) is 0 Å². The zero-order valence-corrected chi connectivity index (χ0v) is 9.50. The van der Waals surface area contributed by atoms with Crippen molar-refractivity contribution in [2.45, 2.75) is 33.1 Å². The highest BCUT2D eigenvalue weighted by atomic mass is 16.3. The number of nitrogens with zero attached hydrogens (tertiary/aromatic N) is 1. The first-order chi connectivity index (χ1) is 6.66. The smallest absolute Gasteiger partial charge is 0.0471 e. The Morgan fingerprint density at radius 2 is 2.14 bits per heavy atom. The molecule has 2 heteroatoms. The van der Waals surface area contributed by atoms with Gasteiger partial charge < -0.3 is 10.0 Å². The Morgan fingerprint density at radius 1 is 1.43 bits per heavy atom. The van der Waals surface area contributed by atoms with Crippen LogP contribution in [0.1, 0.15) is 33.1 Å². The largest absolute Gasteiger partial charge is 0.396 e. The second-order valence-electron chi connectivity index (χ2n) is 5.59. The summed E-state index contributed by atoms with van der Waals surface area (Å²) in [6.07, 6.45) is 4.04. The van der Waals surface area contributed by atoms with Crippen LogP contribution in [-0.4, -0.2) is 36.2 Å². The van der Waals surface area contributed by atoms with Crippen molar-refractivity contribution in [3.05, 3.63) is 0 Å². The minimum atomic E-state index is 0.380. The van der Waals surface area contributed by atoms with Gasteiger partial charge in [-0.3, -0.25) is 0 Å². The van der Waals surface area contributed by atoms with Crippen LogP contribution in [-0.2, 0) is 0 Å². The van der Waals surface area contributed by atoms with Crippen molar-refractivity contribution in [1.29, 1.82) is 0 Å². The minimum Gasteiger partial charge on any atom is -0.396 e. The third kappa shape index (κ3) is 1.96. The number of hydrogen-bond donors (Lipinski definition) is 1. The van der Waals surface area contributed by atoms with E-state index in [9.17, 15) is 0 Å². The average Bonchev–Trinajstić information content (AvgIpc) is 2.78. The highest BCUT2D eigenvalue weighted by Crippen LogP contribution is 2.52. The molecule has 0 aromatic heterocycles. The molecular weight excluding hydrogens is 174 g/mol. The van der Waals surface area contributed by atoms with Crippen molar-refractivity contribution in [2.75, 3.05) is 26.2 Å².